The van der Waals surface area contributed by atoms with Crippen molar-refractivity contribution >= 4 is 11.9 Å². The summed E-state index contributed by atoms with van der Waals surface area (Å²) in [5, 5.41) is 26.8. The number of hydrogen-bond donors (Lipinski definition) is 3. The highest BCUT2D eigenvalue weighted by Gasteiger charge is 2.38. The first kappa shape index (κ1) is 19.7. The molecule has 1 saturated heterocycles. The molecule has 1 aromatic heterocycles. The number of hydroxylamine groups is 1. The summed E-state index contributed by atoms with van der Waals surface area (Å²) in [7, 11) is 0. The maximum absolute atomic E-state index is 11.8. The van der Waals surface area contributed by atoms with E-state index in [4.69, 9.17) is 5.21 Å². The SMILES string of the molecule is O=C(NO)c1ccc(-c2cn([C@@H]3C[C@@H](C(=O)O)N(Cc4ccccc4)C3)nn2)cc1. The van der Waals surface area contributed by atoms with Crippen LogP contribution in [0.2, 0.25) is 0 Å². The van der Waals surface area contributed by atoms with Crippen LogP contribution in [0.4, 0.5) is 0 Å². The topological polar surface area (TPSA) is 121 Å². The van der Waals surface area contributed by atoms with E-state index in [1.54, 1.807) is 40.6 Å². The second kappa shape index (κ2) is 8.44. The molecule has 9 heteroatoms. The smallest absolute Gasteiger partial charge is 0.321 e. The Morgan fingerprint density at radius 1 is 1.10 bits per heavy atom. The van der Waals surface area contributed by atoms with Gasteiger partial charge in [0.25, 0.3) is 5.91 Å². The second-order valence-corrected chi connectivity index (χ2v) is 7.26. The van der Waals surface area contributed by atoms with Gasteiger partial charge < -0.3 is 5.11 Å². The zero-order chi connectivity index (χ0) is 21.1. The number of aliphatic carboxylic acids is 1. The number of amides is 1. The van der Waals surface area contributed by atoms with Crippen LogP contribution in [-0.2, 0) is 11.3 Å². The van der Waals surface area contributed by atoms with Crippen molar-refractivity contribution in [3.8, 4) is 11.3 Å². The summed E-state index contributed by atoms with van der Waals surface area (Å²) in [5.74, 6) is -1.43. The fraction of sp³-hybridized carbons (Fsp3) is 0.238. The van der Waals surface area contributed by atoms with Gasteiger partial charge >= 0.3 is 5.97 Å². The van der Waals surface area contributed by atoms with Crippen molar-refractivity contribution in [3.63, 3.8) is 0 Å². The Morgan fingerprint density at radius 2 is 1.83 bits per heavy atom. The molecule has 154 valence electrons. The molecule has 1 aliphatic rings. The molecule has 3 aromatic rings. The van der Waals surface area contributed by atoms with Crippen molar-refractivity contribution in [3.05, 3.63) is 71.9 Å². The minimum Gasteiger partial charge on any atom is -0.480 e. The highest BCUT2D eigenvalue weighted by Crippen LogP contribution is 2.29. The molecule has 2 atom stereocenters. The molecular weight excluding hydrogens is 386 g/mol. The number of aromatic nitrogens is 3. The van der Waals surface area contributed by atoms with E-state index in [-0.39, 0.29) is 6.04 Å². The Balaban J connectivity index is 1.50. The summed E-state index contributed by atoms with van der Waals surface area (Å²) in [4.78, 5) is 25.2. The number of carbonyl (C=O) groups is 2. The molecule has 2 aromatic carbocycles. The Kier molecular flexibility index (Phi) is 5.55. The summed E-state index contributed by atoms with van der Waals surface area (Å²) in [6, 6.07) is 15.7. The summed E-state index contributed by atoms with van der Waals surface area (Å²) in [6.45, 7) is 1.12. The van der Waals surface area contributed by atoms with Crippen molar-refractivity contribution in [2.24, 2.45) is 0 Å². The van der Waals surface area contributed by atoms with Gasteiger partial charge in [-0.1, -0.05) is 47.7 Å². The van der Waals surface area contributed by atoms with Crippen LogP contribution in [-0.4, -0.2) is 54.7 Å². The number of benzene rings is 2. The second-order valence-electron chi connectivity index (χ2n) is 7.26. The normalized spacial score (nSPS) is 19.0. The summed E-state index contributed by atoms with van der Waals surface area (Å²) >= 11 is 0. The van der Waals surface area contributed by atoms with Crippen LogP contribution in [0.5, 0.6) is 0 Å². The molecule has 1 aliphatic heterocycles. The minimum absolute atomic E-state index is 0.101. The third-order valence-corrected chi connectivity index (χ3v) is 5.32. The largest absolute Gasteiger partial charge is 0.480 e. The van der Waals surface area contributed by atoms with E-state index in [0.29, 0.717) is 30.8 Å². The van der Waals surface area contributed by atoms with E-state index in [0.717, 1.165) is 11.1 Å². The van der Waals surface area contributed by atoms with E-state index in [1.165, 1.54) is 0 Å². The fourth-order valence-electron chi connectivity index (χ4n) is 3.76. The predicted molar refractivity (Wildman–Crippen MR) is 107 cm³/mol. The van der Waals surface area contributed by atoms with Crippen molar-refractivity contribution in [1.29, 1.82) is 0 Å². The van der Waals surface area contributed by atoms with E-state index in [1.807, 2.05) is 35.2 Å². The fourth-order valence-corrected chi connectivity index (χ4v) is 3.76. The molecule has 0 aliphatic carbocycles. The molecule has 1 fully saturated rings. The number of hydrogen-bond acceptors (Lipinski definition) is 6. The lowest BCUT2D eigenvalue weighted by molar-refractivity contribution is -0.142. The van der Waals surface area contributed by atoms with Crippen LogP contribution in [0.25, 0.3) is 11.3 Å². The van der Waals surface area contributed by atoms with Crippen molar-refractivity contribution < 1.29 is 19.9 Å². The molecule has 9 nitrogen and oxygen atoms in total. The Labute approximate surface area is 172 Å². The first-order chi connectivity index (χ1) is 14.5. The Morgan fingerprint density at radius 3 is 2.50 bits per heavy atom. The monoisotopic (exact) mass is 407 g/mol. The third-order valence-electron chi connectivity index (χ3n) is 5.32. The molecule has 0 saturated carbocycles. The number of likely N-dealkylation sites (tertiary alicyclic amines) is 1. The van der Waals surface area contributed by atoms with Crippen LogP contribution < -0.4 is 5.48 Å². The van der Waals surface area contributed by atoms with Crippen molar-refractivity contribution in [2.75, 3.05) is 6.54 Å². The van der Waals surface area contributed by atoms with Crippen LogP contribution in [0.3, 0.4) is 0 Å². The van der Waals surface area contributed by atoms with Gasteiger partial charge in [-0.15, -0.1) is 5.10 Å². The summed E-state index contributed by atoms with van der Waals surface area (Å²) in [6.07, 6.45) is 2.23. The van der Waals surface area contributed by atoms with E-state index in [2.05, 4.69) is 10.3 Å². The summed E-state index contributed by atoms with van der Waals surface area (Å²) in [5.41, 5.74) is 4.38. The number of carbonyl (C=O) groups excluding carboxylic acids is 1. The highest BCUT2D eigenvalue weighted by atomic mass is 16.5. The predicted octanol–water partition coefficient (Wildman–Crippen LogP) is 1.96. The lowest BCUT2D eigenvalue weighted by atomic mass is 10.1. The maximum Gasteiger partial charge on any atom is 0.321 e. The number of carboxylic acid groups (broad SMARTS) is 1. The molecule has 3 N–H and O–H groups in total. The molecule has 0 bridgehead atoms. The van der Waals surface area contributed by atoms with Crippen LogP contribution in [0.15, 0.2) is 60.8 Å². The minimum atomic E-state index is -0.841. The van der Waals surface area contributed by atoms with Crippen LogP contribution >= 0.6 is 0 Å². The Bertz CT molecular complexity index is 1040. The zero-order valence-corrected chi connectivity index (χ0v) is 16.0. The highest BCUT2D eigenvalue weighted by molar-refractivity contribution is 5.93. The summed E-state index contributed by atoms with van der Waals surface area (Å²) < 4.78 is 1.71. The average Bonchev–Trinajstić information content (AvgIpc) is 3.41. The quantitative estimate of drug-likeness (QED) is 0.422. The van der Waals surface area contributed by atoms with Crippen molar-refractivity contribution in [2.45, 2.75) is 25.0 Å². The van der Waals surface area contributed by atoms with Crippen molar-refractivity contribution in [1.82, 2.24) is 25.4 Å². The number of nitrogens with one attached hydrogen (secondary N) is 1. The molecule has 4 rings (SSSR count). The van der Waals surface area contributed by atoms with Gasteiger partial charge in [-0.25, -0.2) is 10.2 Å². The standard InChI is InChI=1S/C21H21N5O4/c27-20(23-30)16-8-6-15(7-9-16)18-13-26(24-22-18)17-10-19(21(28)29)25(12-17)11-14-4-2-1-3-5-14/h1-9,13,17,19,30H,10-12H2,(H,23,27)(H,28,29)/t17-,19+/m1/s1. The lowest BCUT2D eigenvalue weighted by Crippen LogP contribution is -2.35. The van der Waals surface area contributed by atoms with E-state index >= 15 is 0 Å². The van der Waals surface area contributed by atoms with Gasteiger partial charge in [-0.05, 0) is 24.1 Å². The molecule has 2 heterocycles. The lowest BCUT2D eigenvalue weighted by Gasteiger charge is -2.20. The molecule has 0 unspecified atom stereocenters. The number of carboxylic acids is 1. The van der Waals surface area contributed by atoms with Gasteiger partial charge in [0.2, 0.25) is 0 Å². The van der Waals surface area contributed by atoms with Crippen LogP contribution in [0.1, 0.15) is 28.4 Å². The van der Waals surface area contributed by atoms with Gasteiger partial charge in [0.1, 0.15) is 11.7 Å². The van der Waals surface area contributed by atoms with Gasteiger partial charge in [0, 0.05) is 24.2 Å². The molecule has 0 spiro atoms. The molecule has 30 heavy (non-hydrogen) atoms. The van der Waals surface area contributed by atoms with Crippen LogP contribution in [0, 0.1) is 0 Å². The molecule has 1 amide bonds. The van der Waals surface area contributed by atoms with Gasteiger partial charge in [-0.3, -0.25) is 19.7 Å². The van der Waals surface area contributed by atoms with E-state index < -0.39 is 17.9 Å². The first-order valence-electron chi connectivity index (χ1n) is 9.52. The molecule has 0 radical (unpaired) electrons. The average molecular weight is 407 g/mol. The van der Waals surface area contributed by atoms with Gasteiger partial charge in [0.05, 0.1) is 12.2 Å². The number of nitrogens with zero attached hydrogens (tertiary/aromatic N) is 4. The van der Waals surface area contributed by atoms with E-state index in [9.17, 15) is 14.7 Å². The maximum atomic E-state index is 11.8. The zero-order valence-electron chi connectivity index (χ0n) is 16.0. The first-order valence-corrected chi connectivity index (χ1v) is 9.52. The van der Waals surface area contributed by atoms with Gasteiger partial charge in [-0.2, -0.15) is 0 Å². The van der Waals surface area contributed by atoms with Gasteiger partial charge in [0.15, 0.2) is 0 Å². The Hall–Kier alpha value is -3.56. The third kappa shape index (κ3) is 4.07. The number of rotatable bonds is 6. The molecular formula is C21H21N5O4.